The van der Waals surface area contributed by atoms with Crippen molar-refractivity contribution in [2.75, 3.05) is 79.7 Å². The SMILES string of the molecule is C=CC(=O)N1CCOC2(CCN(C(=O)N(C)[C@H](C(=O)N[C@H]3CN(CC)C(CNC(=C)[C@H](C)OC)C(C)(C)COC(=O)[C@@H]4CCCN(N4)C3=O)C(C)C)CC2)C1. The Morgan fingerprint density at radius 2 is 1.80 bits per heavy atom. The van der Waals surface area contributed by atoms with E-state index >= 15 is 0 Å². The van der Waals surface area contributed by atoms with E-state index in [0.29, 0.717) is 83.8 Å². The van der Waals surface area contributed by atoms with Crippen LogP contribution in [-0.4, -0.2) is 170 Å². The lowest BCUT2D eigenvalue weighted by molar-refractivity contribution is -0.158. The van der Waals surface area contributed by atoms with Crippen LogP contribution in [0.5, 0.6) is 0 Å². The molecule has 55 heavy (non-hydrogen) atoms. The minimum Gasteiger partial charge on any atom is -0.464 e. The van der Waals surface area contributed by atoms with Crippen molar-refractivity contribution < 1.29 is 38.2 Å². The van der Waals surface area contributed by atoms with Crippen LogP contribution in [0.1, 0.15) is 67.2 Å². The number of amides is 5. The Balaban J connectivity index is 1.56. The molecule has 4 aliphatic rings. The van der Waals surface area contributed by atoms with Gasteiger partial charge in [0.05, 0.1) is 31.5 Å². The first-order valence-corrected chi connectivity index (χ1v) is 19.8. The molecule has 310 valence electrons. The number of rotatable bonds is 11. The molecule has 16 heteroatoms. The number of likely N-dealkylation sites (tertiary alicyclic amines) is 1. The van der Waals surface area contributed by atoms with Crippen LogP contribution in [0.25, 0.3) is 0 Å². The first kappa shape index (κ1) is 44.0. The number of hydrogen-bond acceptors (Lipinski definition) is 11. The van der Waals surface area contributed by atoms with E-state index in [4.69, 9.17) is 14.2 Å². The Kier molecular flexibility index (Phi) is 15.1. The zero-order valence-corrected chi connectivity index (χ0v) is 34.4. The molecule has 5 atom stereocenters. The Hall–Kier alpha value is -3.73. The summed E-state index contributed by atoms with van der Waals surface area (Å²) < 4.78 is 17.5. The normalized spacial score (nSPS) is 25.9. The Labute approximate surface area is 327 Å². The van der Waals surface area contributed by atoms with Crippen molar-refractivity contribution in [1.82, 2.24) is 40.7 Å². The standard InChI is InChI=1S/C39H66N8O8/c1-11-32(48)46-20-21-55-39(24-46)15-18-45(19-16-39)37(52)43(9)33(26(3)4)34(49)41-30-23-44(12-2)31(22-40-27(5)28(6)53-10)38(7,8)25-54-36(51)29-14-13-17-47(42-29)35(30)50/h11,26,28-31,33,40,42H,1,5,12-25H2,2-4,6-10H3,(H,41,49)/t28-,29-,30-,31?,33-/m0/s1. The number of hydrogen-bond donors (Lipinski definition) is 3. The quantitative estimate of drug-likeness (QED) is 0.205. The van der Waals surface area contributed by atoms with Crippen LogP contribution < -0.4 is 16.1 Å². The van der Waals surface area contributed by atoms with Crippen molar-refractivity contribution in [3.63, 3.8) is 0 Å². The number of urea groups is 1. The summed E-state index contributed by atoms with van der Waals surface area (Å²) in [6, 6.07) is -3.15. The molecule has 3 N–H and O–H groups in total. The van der Waals surface area contributed by atoms with Crippen molar-refractivity contribution in [3.8, 4) is 0 Å². The number of nitrogens with zero attached hydrogens (tertiary/aromatic N) is 5. The topological polar surface area (TPSA) is 165 Å². The molecule has 1 unspecified atom stereocenters. The highest BCUT2D eigenvalue weighted by molar-refractivity contribution is 5.92. The number of carbonyl (C=O) groups is 5. The van der Waals surface area contributed by atoms with Gasteiger partial charge in [0, 0.05) is 70.6 Å². The van der Waals surface area contributed by atoms with E-state index in [-0.39, 0.29) is 49.1 Å². The molecule has 4 aliphatic heterocycles. The summed E-state index contributed by atoms with van der Waals surface area (Å²) in [4.78, 5) is 75.5. The number of esters is 1. The molecule has 1 spiro atoms. The van der Waals surface area contributed by atoms with Crippen LogP contribution in [0, 0.1) is 11.3 Å². The maximum atomic E-state index is 14.4. The van der Waals surface area contributed by atoms with Gasteiger partial charge < -0.3 is 39.5 Å². The predicted octanol–water partition coefficient (Wildman–Crippen LogP) is 1.33. The van der Waals surface area contributed by atoms with Crippen molar-refractivity contribution in [2.45, 2.75) is 103 Å². The molecule has 0 aromatic rings. The van der Waals surface area contributed by atoms with Crippen LogP contribution >= 0.6 is 0 Å². The number of piperidine rings is 1. The summed E-state index contributed by atoms with van der Waals surface area (Å²) in [5.74, 6) is -1.67. The Bertz CT molecular complexity index is 1420. The zero-order chi connectivity index (χ0) is 40.7. The smallest absolute Gasteiger partial charge is 0.324 e. The van der Waals surface area contributed by atoms with E-state index in [1.165, 1.54) is 16.0 Å². The molecular formula is C39H66N8O8. The van der Waals surface area contributed by atoms with Gasteiger partial charge in [-0.2, -0.15) is 0 Å². The van der Waals surface area contributed by atoms with Gasteiger partial charge in [-0.25, -0.2) is 10.2 Å². The molecule has 4 fully saturated rings. The molecule has 16 nitrogen and oxygen atoms in total. The molecular weight excluding hydrogens is 708 g/mol. The van der Waals surface area contributed by atoms with E-state index in [1.807, 2.05) is 41.5 Å². The van der Waals surface area contributed by atoms with Crippen LogP contribution in [-0.2, 0) is 33.4 Å². The number of carbonyl (C=O) groups excluding carboxylic acids is 5. The van der Waals surface area contributed by atoms with Crippen LogP contribution in [0.4, 0.5) is 4.79 Å². The number of hydrazine groups is 1. The predicted molar refractivity (Wildman–Crippen MR) is 207 cm³/mol. The Morgan fingerprint density at radius 1 is 1.11 bits per heavy atom. The summed E-state index contributed by atoms with van der Waals surface area (Å²) >= 11 is 0. The van der Waals surface area contributed by atoms with Gasteiger partial charge in [-0.05, 0) is 51.1 Å². The lowest BCUT2D eigenvalue weighted by atomic mass is 9.83. The van der Waals surface area contributed by atoms with Crippen molar-refractivity contribution in [2.24, 2.45) is 11.3 Å². The molecule has 0 saturated carbocycles. The minimum atomic E-state index is -1.00. The molecule has 0 aromatic heterocycles. The molecule has 4 saturated heterocycles. The highest BCUT2D eigenvalue weighted by Crippen LogP contribution is 2.32. The van der Waals surface area contributed by atoms with Crippen molar-refractivity contribution >= 4 is 29.7 Å². The average Bonchev–Trinajstić information content (AvgIpc) is 3.17. The molecule has 0 radical (unpaired) electrons. The van der Waals surface area contributed by atoms with Gasteiger partial charge in [-0.1, -0.05) is 47.8 Å². The van der Waals surface area contributed by atoms with Crippen LogP contribution in [0.2, 0.25) is 0 Å². The minimum absolute atomic E-state index is 0.134. The van der Waals surface area contributed by atoms with E-state index in [0.717, 1.165) is 0 Å². The average molecular weight is 775 g/mol. The first-order chi connectivity index (χ1) is 26.0. The van der Waals surface area contributed by atoms with E-state index in [2.05, 4.69) is 34.1 Å². The Morgan fingerprint density at radius 3 is 2.42 bits per heavy atom. The van der Waals surface area contributed by atoms with E-state index < -0.39 is 41.0 Å². The number of fused-ring (bicyclic) bond motifs is 2. The fraction of sp³-hybridized carbons (Fsp3) is 0.769. The number of ether oxygens (including phenoxy) is 3. The lowest BCUT2D eigenvalue weighted by Gasteiger charge is -2.48. The molecule has 4 heterocycles. The van der Waals surface area contributed by atoms with Gasteiger partial charge in [0.2, 0.25) is 11.8 Å². The fourth-order valence-electron chi connectivity index (χ4n) is 8.16. The summed E-state index contributed by atoms with van der Waals surface area (Å²) in [6.45, 7) is 23.2. The molecule has 0 aromatic carbocycles. The van der Waals surface area contributed by atoms with Crippen LogP contribution in [0.3, 0.4) is 0 Å². The van der Waals surface area contributed by atoms with Gasteiger partial charge in [-0.15, -0.1) is 0 Å². The van der Waals surface area contributed by atoms with Gasteiger partial charge in [0.25, 0.3) is 5.91 Å². The van der Waals surface area contributed by atoms with Gasteiger partial charge in [-0.3, -0.25) is 29.1 Å². The molecule has 2 bridgehead atoms. The number of likely N-dealkylation sites (N-methyl/N-ethyl adjacent to an activating group) is 2. The zero-order valence-electron chi connectivity index (χ0n) is 34.4. The highest BCUT2D eigenvalue weighted by Gasteiger charge is 2.45. The second-order valence-electron chi connectivity index (χ2n) is 16.4. The molecule has 0 aliphatic carbocycles. The van der Waals surface area contributed by atoms with Crippen molar-refractivity contribution in [1.29, 1.82) is 0 Å². The summed E-state index contributed by atoms with van der Waals surface area (Å²) in [7, 11) is 3.24. The maximum Gasteiger partial charge on any atom is 0.324 e. The lowest BCUT2D eigenvalue weighted by Crippen LogP contribution is -2.66. The largest absolute Gasteiger partial charge is 0.464 e. The molecule has 5 amide bonds. The molecule has 4 rings (SSSR count). The second kappa shape index (κ2) is 18.9. The third kappa shape index (κ3) is 10.6. The van der Waals surface area contributed by atoms with Crippen LogP contribution in [0.15, 0.2) is 24.9 Å². The van der Waals surface area contributed by atoms with E-state index in [1.54, 1.807) is 24.0 Å². The third-order valence-electron chi connectivity index (χ3n) is 11.8. The second-order valence-corrected chi connectivity index (χ2v) is 16.4. The van der Waals surface area contributed by atoms with Gasteiger partial charge >= 0.3 is 12.0 Å². The highest BCUT2D eigenvalue weighted by atomic mass is 16.5. The first-order valence-electron chi connectivity index (χ1n) is 19.8. The number of cyclic esters (lactones) is 1. The summed E-state index contributed by atoms with van der Waals surface area (Å²) in [5, 5.41) is 7.89. The monoisotopic (exact) mass is 775 g/mol. The van der Waals surface area contributed by atoms with E-state index in [9.17, 15) is 24.0 Å². The summed E-state index contributed by atoms with van der Waals surface area (Å²) in [6.07, 6.45) is 3.27. The number of morpholine rings is 1. The maximum absolute atomic E-state index is 14.4. The summed E-state index contributed by atoms with van der Waals surface area (Å²) in [5.41, 5.74) is 2.65. The fourth-order valence-corrected chi connectivity index (χ4v) is 8.16. The number of methoxy groups -OCH3 is 1. The number of nitrogens with one attached hydrogen (secondary N) is 3. The third-order valence-corrected chi connectivity index (χ3v) is 11.8. The van der Waals surface area contributed by atoms with Crippen molar-refractivity contribution in [3.05, 3.63) is 24.9 Å². The van der Waals surface area contributed by atoms with Gasteiger partial charge in [0.15, 0.2) is 0 Å². The van der Waals surface area contributed by atoms with Gasteiger partial charge in [0.1, 0.15) is 18.1 Å².